The Labute approximate surface area is 151 Å². The van der Waals surface area contributed by atoms with Crippen molar-refractivity contribution in [3.63, 3.8) is 0 Å². The van der Waals surface area contributed by atoms with Crippen molar-refractivity contribution in [2.45, 2.75) is 17.7 Å². The smallest absolute Gasteiger partial charge is 0.406 e. The first-order chi connectivity index (χ1) is 12.6. The van der Waals surface area contributed by atoms with Crippen molar-refractivity contribution in [3.8, 4) is 17.1 Å². The van der Waals surface area contributed by atoms with E-state index in [0.29, 0.717) is 5.56 Å². The van der Waals surface area contributed by atoms with E-state index in [1.165, 1.54) is 30.3 Å². The monoisotopic (exact) mass is 399 g/mol. The van der Waals surface area contributed by atoms with Gasteiger partial charge in [-0.2, -0.15) is 4.98 Å². The van der Waals surface area contributed by atoms with Gasteiger partial charge in [0.2, 0.25) is 21.7 Å². The predicted octanol–water partition coefficient (Wildman–Crippen LogP) is 2.87. The predicted molar refractivity (Wildman–Crippen MR) is 87.0 cm³/mol. The molecule has 0 radical (unpaired) electrons. The van der Waals surface area contributed by atoms with Crippen LogP contribution in [0.4, 0.5) is 13.2 Å². The number of halogens is 3. The topological polar surface area (TPSA) is 108 Å². The fourth-order valence-electron chi connectivity index (χ4n) is 2.32. The molecule has 0 aliphatic rings. The van der Waals surface area contributed by atoms with Gasteiger partial charge in [0.05, 0.1) is 11.3 Å². The van der Waals surface area contributed by atoms with E-state index in [-0.39, 0.29) is 34.3 Å². The maximum absolute atomic E-state index is 12.2. The van der Waals surface area contributed by atoms with Gasteiger partial charge in [0.15, 0.2) is 0 Å². The third-order valence-electron chi connectivity index (χ3n) is 3.41. The number of nitrogens with two attached hydrogens (primary N) is 1. The lowest BCUT2D eigenvalue weighted by molar-refractivity contribution is -0.274. The second kappa shape index (κ2) is 7.00. The molecule has 142 valence electrons. The highest BCUT2D eigenvalue weighted by atomic mass is 32.2. The number of rotatable bonds is 5. The number of sulfonamides is 1. The molecule has 11 heteroatoms. The van der Waals surface area contributed by atoms with Crippen molar-refractivity contribution >= 4 is 10.0 Å². The number of primary sulfonamides is 1. The second-order valence-electron chi connectivity index (χ2n) is 5.42. The van der Waals surface area contributed by atoms with Crippen LogP contribution in [-0.4, -0.2) is 24.9 Å². The van der Waals surface area contributed by atoms with Crippen LogP contribution in [0.5, 0.6) is 5.75 Å². The zero-order valence-corrected chi connectivity index (χ0v) is 14.3. The lowest BCUT2D eigenvalue weighted by Gasteiger charge is -2.08. The maximum Gasteiger partial charge on any atom is 0.573 e. The van der Waals surface area contributed by atoms with Gasteiger partial charge in [0.1, 0.15) is 5.75 Å². The molecule has 0 aliphatic heterocycles. The molecule has 2 N–H and O–H groups in total. The summed E-state index contributed by atoms with van der Waals surface area (Å²) in [6.45, 7) is 0. The SMILES string of the molecule is NS(=O)(=O)c1ccccc1-c1noc(Cc2ccc(OC(F)(F)F)cc2)n1. The molecule has 0 fully saturated rings. The number of benzene rings is 2. The van der Waals surface area contributed by atoms with Gasteiger partial charge in [0, 0.05) is 5.56 Å². The van der Waals surface area contributed by atoms with Crippen LogP contribution in [0.15, 0.2) is 57.9 Å². The number of nitrogens with zero attached hydrogens (tertiary/aromatic N) is 2. The Hall–Kier alpha value is -2.92. The molecule has 0 spiro atoms. The molecule has 3 aromatic rings. The van der Waals surface area contributed by atoms with Crippen molar-refractivity contribution < 1.29 is 30.8 Å². The molecule has 0 saturated heterocycles. The number of alkyl halides is 3. The molecule has 7 nitrogen and oxygen atoms in total. The average molecular weight is 399 g/mol. The highest BCUT2D eigenvalue weighted by Crippen LogP contribution is 2.25. The van der Waals surface area contributed by atoms with Crippen LogP contribution in [-0.2, 0) is 16.4 Å². The normalized spacial score (nSPS) is 12.1. The minimum Gasteiger partial charge on any atom is -0.406 e. The van der Waals surface area contributed by atoms with Crippen molar-refractivity contribution in [3.05, 3.63) is 60.0 Å². The fourth-order valence-corrected chi connectivity index (χ4v) is 3.05. The molecular formula is C16H12F3N3O4S. The Balaban J connectivity index is 1.80. The molecule has 27 heavy (non-hydrogen) atoms. The van der Waals surface area contributed by atoms with Gasteiger partial charge < -0.3 is 9.26 Å². The summed E-state index contributed by atoms with van der Waals surface area (Å²) in [6, 6.07) is 11.1. The summed E-state index contributed by atoms with van der Waals surface area (Å²) in [6.07, 6.45) is -4.63. The Morgan fingerprint density at radius 1 is 1.07 bits per heavy atom. The summed E-state index contributed by atoms with van der Waals surface area (Å²) in [5.74, 6) is -0.162. The zero-order valence-electron chi connectivity index (χ0n) is 13.5. The van der Waals surface area contributed by atoms with E-state index < -0.39 is 16.4 Å². The molecule has 1 heterocycles. The Kier molecular flexibility index (Phi) is 4.89. The van der Waals surface area contributed by atoms with E-state index in [1.54, 1.807) is 6.07 Å². The minimum absolute atomic E-state index is 0.0339. The molecule has 3 rings (SSSR count). The molecular weight excluding hydrogens is 387 g/mol. The zero-order chi connectivity index (χ0) is 19.7. The third-order valence-corrected chi connectivity index (χ3v) is 4.38. The van der Waals surface area contributed by atoms with Crippen LogP contribution >= 0.6 is 0 Å². The Morgan fingerprint density at radius 2 is 1.74 bits per heavy atom. The maximum atomic E-state index is 12.2. The van der Waals surface area contributed by atoms with Crippen LogP contribution in [0.3, 0.4) is 0 Å². The Morgan fingerprint density at radius 3 is 2.37 bits per heavy atom. The summed E-state index contributed by atoms with van der Waals surface area (Å²) in [4.78, 5) is 3.98. The standard InChI is InChI=1S/C16H12F3N3O4S/c17-16(18,19)25-11-7-5-10(6-8-11)9-14-21-15(22-26-14)12-3-1-2-4-13(12)27(20,23)24/h1-8H,9H2,(H2,20,23,24). The lowest BCUT2D eigenvalue weighted by atomic mass is 10.1. The van der Waals surface area contributed by atoms with Crippen molar-refractivity contribution in [1.82, 2.24) is 10.1 Å². The first kappa shape index (κ1) is 18.9. The quantitative estimate of drug-likeness (QED) is 0.707. The van der Waals surface area contributed by atoms with Crippen LogP contribution in [0.2, 0.25) is 0 Å². The van der Waals surface area contributed by atoms with Gasteiger partial charge in [-0.3, -0.25) is 0 Å². The second-order valence-corrected chi connectivity index (χ2v) is 6.95. The molecule has 0 atom stereocenters. The number of aromatic nitrogens is 2. The van der Waals surface area contributed by atoms with Crippen LogP contribution < -0.4 is 9.88 Å². The number of ether oxygens (including phenoxy) is 1. The molecule has 1 aromatic heterocycles. The van der Waals surface area contributed by atoms with Gasteiger partial charge in [0.25, 0.3) is 0 Å². The molecule has 0 bridgehead atoms. The molecule has 0 aliphatic carbocycles. The molecule has 2 aromatic carbocycles. The van der Waals surface area contributed by atoms with Gasteiger partial charge in [-0.1, -0.05) is 29.4 Å². The summed E-state index contributed by atoms with van der Waals surface area (Å²) in [5, 5.41) is 8.92. The van der Waals surface area contributed by atoms with E-state index in [1.807, 2.05) is 0 Å². The van der Waals surface area contributed by atoms with Crippen molar-refractivity contribution in [2.75, 3.05) is 0 Å². The van der Waals surface area contributed by atoms with Gasteiger partial charge in [-0.15, -0.1) is 13.2 Å². The summed E-state index contributed by atoms with van der Waals surface area (Å²) in [5.41, 5.74) is 0.781. The molecule has 0 unspecified atom stereocenters. The molecule has 0 amide bonds. The number of hydrogen-bond acceptors (Lipinski definition) is 6. The molecule has 0 saturated carbocycles. The average Bonchev–Trinajstić information content (AvgIpc) is 3.03. The van der Waals surface area contributed by atoms with Crippen LogP contribution in [0, 0.1) is 0 Å². The van der Waals surface area contributed by atoms with Gasteiger partial charge in [-0.25, -0.2) is 13.6 Å². The van der Waals surface area contributed by atoms with Crippen LogP contribution in [0.1, 0.15) is 11.5 Å². The van der Waals surface area contributed by atoms with E-state index in [4.69, 9.17) is 9.66 Å². The summed E-state index contributed by atoms with van der Waals surface area (Å²) in [7, 11) is -3.98. The minimum atomic E-state index is -4.76. The van der Waals surface area contributed by atoms with E-state index >= 15 is 0 Å². The number of hydrogen-bond donors (Lipinski definition) is 1. The van der Waals surface area contributed by atoms with Gasteiger partial charge >= 0.3 is 6.36 Å². The first-order valence-electron chi connectivity index (χ1n) is 7.41. The van der Waals surface area contributed by atoms with Crippen molar-refractivity contribution in [1.29, 1.82) is 0 Å². The van der Waals surface area contributed by atoms with Gasteiger partial charge in [-0.05, 0) is 29.8 Å². The Bertz CT molecular complexity index is 1050. The highest BCUT2D eigenvalue weighted by Gasteiger charge is 2.31. The van der Waals surface area contributed by atoms with Crippen molar-refractivity contribution in [2.24, 2.45) is 5.14 Å². The van der Waals surface area contributed by atoms with E-state index in [2.05, 4.69) is 14.9 Å². The third kappa shape index (κ3) is 4.83. The first-order valence-corrected chi connectivity index (χ1v) is 8.96. The summed E-state index contributed by atoms with van der Waals surface area (Å²) >= 11 is 0. The van der Waals surface area contributed by atoms with Crippen LogP contribution in [0.25, 0.3) is 11.4 Å². The highest BCUT2D eigenvalue weighted by molar-refractivity contribution is 7.89. The summed E-state index contributed by atoms with van der Waals surface area (Å²) < 4.78 is 68.7. The van der Waals surface area contributed by atoms with E-state index in [9.17, 15) is 21.6 Å². The largest absolute Gasteiger partial charge is 0.573 e. The van der Waals surface area contributed by atoms with E-state index in [0.717, 1.165) is 12.1 Å². The lowest BCUT2D eigenvalue weighted by Crippen LogP contribution is -2.17. The fraction of sp³-hybridized carbons (Fsp3) is 0.125.